The number of halogens is 1. The van der Waals surface area contributed by atoms with Crippen LogP contribution in [0.15, 0.2) is 108 Å². The van der Waals surface area contributed by atoms with Gasteiger partial charge in [-0.05, 0) is 71.3 Å². The maximum Gasteiger partial charge on any atom is 0.210 e. The molecule has 0 amide bonds. The van der Waals surface area contributed by atoms with Crippen LogP contribution in [0, 0.1) is 0 Å². The normalized spacial score (nSPS) is 18.3. The van der Waals surface area contributed by atoms with E-state index >= 15 is 0 Å². The Bertz CT molecular complexity index is 2050. The van der Waals surface area contributed by atoms with Gasteiger partial charge >= 0.3 is 0 Å². The molecule has 2 aliphatic rings. The fourth-order valence-corrected chi connectivity index (χ4v) is 8.46. The SMILES string of the molecule is CC1(C)C(/C=C/C(Cl)=C/C=C2/N(CCC[N+](C)(C)C)c3ccc4ccccc4c3C2(C)C)=[N+](CCC[N+](C)(C)C)c2ccc3ccccc3c21. The molecular weight excluding hydrogens is 632 g/mol. The van der Waals surface area contributed by atoms with Crippen molar-refractivity contribution >= 4 is 50.2 Å². The van der Waals surface area contributed by atoms with E-state index < -0.39 is 0 Å². The summed E-state index contributed by atoms with van der Waals surface area (Å²) in [6.07, 6.45) is 11.0. The number of anilines is 1. The number of hydrogen-bond acceptors (Lipinski definition) is 1. The lowest BCUT2D eigenvalue weighted by Gasteiger charge is -2.29. The molecule has 4 nitrogen and oxygen atoms in total. The fraction of sp³-hybridized carbons (Fsp3) is 0.400. The third-order valence-corrected chi connectivity index (χ3v) is 11.0. The molecule has 0 N–H and O–H groups in total. The Morgan fingerprint density at radius 1 is 0.720 bits per heavy atom. The minimum atomic E-state index is -0.169. The van der Waals surface area contributed by atoms with Gasteiger partial charge in [0.1, 0.15) is 0 Å². The summed E-state index contributed by atoms with van der Waals surface area (Å²) < 4.78 is 4.46. The maximum absolute atomic E-state index is 7.13. The molecule has 0 aromatic heterocycles. The number of allylic oxidation sites excluding steroid dienone is 6. The molecule has 0 radical (unpaired) electrons. The van der Waals surface area contributed by atoms with Gasteiger partial charge in [-0.15, -0.1) is 0 Å². The standard InChI is InChI=1S/C45H58ClN4/c1-44(2)40(47(29-15-31-49(5,6)7)38-25-21-33-17-11-13-19-36(33)42(38)44)27-23-35(46)24-28-41-45(3,4)43-37-20-14-12-18-34(37)22-26-39(43)48(41)30-16-32-50(8,9)10/h11-14,17-28H,15-16,29-32H2,1-10H3/q+3. The van der Waals surface area contributed by atoms with E-state index in [1.54, 1.807) is 0 Å². The molecule has 2 heterocycles. The van der Waals surface area contributed by atoms with Crippen LogP contribution in [0.4, 0.5) is 11.4 Å². The van der Waals surface area contributed by atoms with Crippen molar-refractivity contribution < 1.29 is 13.5 Å². The van der Waals surface area contributed by atoms with Crippen LogP contribution in [0.25, 0.3) is 21.5 Å². The molecule has 0 aliphatic carbocycles. The Balaban J connectivity index is 1.37. The molecule has 0 saturated heterocycles. The Morgan fingerprint density at radius 2 is 1.30 bits per heavy atom. The van der Waals surface area contributed by atoms with Crippen LogP contribution in [0.3, 0.4) is 0 Å². The first-order valence-electron chi connectivity index (χ1n) is 18.3. The summed E-state index contributed by atoms with van der Waals surface area (Å²) in [7, 11) is 13.6. The number of fused-ring (bicyclic) bond motifs is 6. The predicted molar refractivity (Wildman–Crippen MR) is 217 cm³/mol. The Hall–Kier alpha value is -3.70. The summed E-state index contributed by atoms with van der Waals surface area (Å²) in [5, 5.41) is 5.99. The topological polar surface area (TPSA) is 6.25 Å². The van der Waals surface area contributed by atoms with Crippen molar-refractivity contribution in [2.45, 2.75) is 51.4 Å². The zero-order chi connectivity index (χ0) is 36.1. The first kappa shape index (κ1) is 36.1. The Morgan fingerprint density at radius 3 is 1.94 bits per heavy atom. The minimum absolute atomic E-state index is 0.169. The molecule has 4 aromatic rings. The Kier molecular flexibility index (Phi) is 9.71. The third-order valence-electron chi connectivity index (χ3n) is 10.7. The molecule has 4 aromatic carbocycles. The molecule has 0 fully saturated rings. The maximum atomic E-state index is 7.13. The predicted octanol–water partition coefficient (Wildman–Crippen LogP) is 9.92. The second-order valence-corrected chi connectivity index (χ2v) is 17.9. The molecule has 0 bridgehead atoms. The lowest BCUT2D eigenvalue weighted by molar-refractivity contribution is -0.871. The Labute approximate surface area is 306 Å². The largest absolute Gasteiger partial charge is 0.344 e. The summed E-state index contributed by atoms with van der Waals surface area (Å²) in [6, 6.07) is 26.8. The number of quaternary nitrogens is 2. The zero-order valence-electron chi connectivity index (χ0n) is 32.1. The summed E-state index contributed by atoms with van der Waals surface area (Å²) in [6.45, 7) is 13.6. The smallest absolute Gasteiger partial charge is 0.210 e. The van der Waals surface area contributed by atoms with Gasteiger partial charge in [-0.25, -0.2) is 0 Å². The quantitative estimate of drug-likeness (QED) is 0.0863. The molecule has 6 rings (SSSR count). The summed E-state index contributed by atoms with van der Waals surface area (Å²) in [5.41, 5.74) is 7.71. The lowest BCUT2D eigenvalue weighted by Crippen LogP contribution is -2.37. The van der Waals surface area contributed by atoms with Crippen molar-refractivity contribution in [3.05, 3.63) is 119 Å². The lowest BCUT2D eigenvalue weighted by atomic mass is 9.79. The highest BCUT2D eigenvalue weighted by Crippen LogP contribution is 2.51. The highest BCUT2D eigenvalue weighted by atomic mass is 35.5. The second kappa shape index (κ2) is 13.5. The molecule has 0 saturated carbocycles. The van der Waals surface area contributed by atoms with Crippen LogP contribution >= 0.6 is 11.6 Å². The van der Waals surface area contributed by atoms with E-state index in [2.05, 4.69) is 177 Å². The molecule has 50 heavy (non-hydrogen) atoms. The third kappa shape index (κ3) is 7.08. The van der Waals surface area contributed by atoms with E-state index in [4.69, 9.17) is 11.6 Å². The van der Waals surface area contributed by atoms with E-state index in [0.717, 1.165) is 53.0 Å². The van der Waals surface area contributed by atoms with Crippen molar-refractivity contribution in [3.63, 3.8) is 0 Å². The summed E-state index contributed by atoms with van der Waals surface area (Å²) in [5.74, 6) is 0. The molecule has 2 aliphatic heterocycles. The minimum Gasteiger partial charge on any atom is -0.344 e. The van der Waals surface area contributed by atoms with Gasteiger partial charge in [0.2, 0.25) is 5.69 Å². The van der Waals surface area contributed by atoms with E-state index in [1.165, 1.54) is 55.5 Å². The monoisotopic (exact) mass is 689 g/mol. The van der Waals surface area contributed by atoms with Gasteiger partial charge in [0.15, 0.2) is 12.3 Å². The van der Waals surface area contributed by atoms with Gasteiger partial charge in [0.05, 0.1) is 67.2 Å². The molecule has 5 heteroatoms. The van der Waals surface area contributed by atoms with Crippen LogP contribution in [0.2, 0.25) is 0 Å². The molecule has 262 valence electrons. The first-order chi connectivity index (χ1) is 23.5. The van der Waals surface area contributed by atoms with Gasteiger partial charge in [-0.2, -0.15) is 4.58 Å². The van der Waals surface area contributed by atoms with Crippen molar-refractivity contribution in [1.29, 1.82) is 0 Å². The van der Waals surface area contributed by atoms with Crippen LogP contribution in [0.5, 0.6) is 0 Å². The molecule has 0 unspecified atom stereocenters. The second-order valence-electron chi connectivity index (χ2n) is 17.5. The average Bonchev–Trinajstić information content (AvgIpc) is 3.39. The highest BCUT2D eigenvalue weighted by molar-refractivity contribution is 6.31. The number of benzene rings is 4. The molecular formula is C45H58ClN4+3. The van der Waals surface area contributed by atoms with Crippen molar-refractivity contribution in [3.8, 4) is 0 Å². The van der Waals surface area contributed by atoms with E-state index in [0.29, 0.717) is 0 Å². The van der Waals surface area contributed by atoms with E-state index in [-0.39, 0.29) is 10.8 Å². The van der Waals surface area contributed by atoms with Crippen LogP contribution in [0.1, 0.15) is 51.7 Å². The highest BCUT2D eigenvalue weighted by Gasteiger charge is 2.45. The van der Waals surface area contributed by atoms with Crippen LogP contribution < -0.4 is 4.90 Å². The summed E-state index contributed by atoms with van der Waals surface area (Å²) in [4.78, 5) is 2.55. The number of nitrogens with zero attached hydrogens (tertiary/aromatic N) is 4. The average molecular weight is 690 g/mol. The first-order valence-corrected chi connectivity index (χ1v) is 18.7. The van der Waals surface area contributed by atoms with Gasteiger partial charge in [0.25, 0.3) is 0 Å². The van der Waals surface area contributed by atoms with Crippen molar-refractivity contribution in [2.24, 2.45) is 0 Å². The number of rotatable bonds is 11. The van der Waals surface area contributed by atoms with Crippen molar-refractivity contribution in [1.82, 2.24) is 0 Å². The van der Waals surface area contributed by atoms with Gasteiger partial charge in [-0.3, -0.25) is 0 Å². The van der Waals surface area contributed by atoms with Gasteiger partial charge in [0, 0.05) is 52.5 Å². The van der Waals surface area contributed by atoms with E-state index in [1.807, 2.05) is 0 Å². The molecule has 0 atom stereocenters. The van der Waals surface area contributed by atoms with Crippen LogP contribution in [-0.4, -0.2) is 87.7 Å². The van der Waals surface area contributed by atoms with Gasteiger partial charge in [-0.1, -0.05) is 80.0 Å². The number of hydrogen-bond donors (Lipinski definition) is 0. The van der Waals surface area contributed by atoms with Crippen molar-refractivity contribution in [2.75, 3.05) is 73.4 Å². The zero-order valence-corrected chi connectivity index (χ0v) is 32.9. The van der Waals surface area contributed by atoms with Crippen LogP contribution in [-0.2, 0) is 10.8 Å². The fourth-order valence-electron chi connectivity index (χ4n) is 8.33. The van der Waals surface area contributed by atoms with Gasteiger partial charge < -0.3 is 13.9 Å². The molecule has 0 spiro atoms. The van der Waals surface area contributed by atoms with E-state index in [9.17, 15) is 0 Å². The summed E-state index contributed by atoms with van der Waals surface area (Å²) >= 11 is 7.13.